The van der Waals surface area contributed by atoms with Crippen molar-refractivity contribution in [2.45, 2.75) is 32.1 Å². The Morgan fingerprint density at radius 2 is 2.26 bits per heavy atom. The van der Waals surface area contributed by atoms with Crippen LogP contribution in [0.4, 0.5) is 5.69 Å². The van der Waals surface area contributed by atoms with Crippen LogP contribution in [0.25, 0.3) is 0 Å². The summed E-state index contributed by atoms with van der Waals surface area (Å²) in [5.41, 5.74) is 2.27. The van der Waals surface area contributed by atoms with Crippen molar-refractivity contribution < 1.29 is 9.53 Å². The number of carbonyl (C=O) groups is 1. The molecule has 0 aromatic heterocycles. The van der Waals surface area contributed by atoms with Gasteiger partial charge in [-0.25, -0.2) is 0 Å². The number of ether oxygens (including phenoxy) is 1. The van der Waals surface area contributed by atoms with Crippen molar-refractivity contribution in [3.63, 3.8) is 0 Å². The third kappa shape index (κ3) is 6.70. The molecule has 1 aliphatic carbocycles. The maximum absolute atomic E-state index is 11.9. The number of carbonyl (C=O) groups excluding carboxylic acids is 1. The summed E-state index contributed by atoms with van der Waals surface area (Å²) in [5.74, 6) is 0.684. The van der Waals surface area contributed by atoms with Gasteiger partial charge in [-0.1, -0.05) is 30.4 Å². The number of hydrogen-bond donors (Lipinski definition) is 2. The molecule has 0 spiro atoms. The molecule has 0 saturated carbocycles. The maximum Gasteiger partial charge on any atom is 0.238 e. The molecule has 1 aliphatic rings. The van der Waals surface area contributed by atoms with Crippen LogP contribution in [0.2, 0.25) is 0 Å². The highest BCUT2D eigenvalue weighted by molar-refractivity contribution is 5.92. The van der Waals surface area contributed by atoms with E-state index < -0.39 is 0 Å². The fraction of sp³-hybridized carbons (Fsp3) is 0.421. The first-order valence-electron chi connectivity index (χ1n) is 8.30. The molecule has 4 nitrogen and oxygen atoms in total. The van der Waals surface area contributed by atoms with Gasteiger partial charge in [-0.15, -0.1) is 0 Å². The summed E-state index contributed by atoms with van der Waals surface area (Å²) in [6.07, 6.45) is 10.1. The number of hydrogen-bond acceptors (Lipinski definition) is 3. The summed E-state index contributed by atoms with van der Waals surface area (Å²) in [4.78, 5) is 11.9. The predicted molar refractivity (Wildman–Crippen MR) is 94.8 cm³/mol. The van der Waals surface area contributed by atoms with Crippen molar-refractivity contribution in [2.75, 3.05) is 25.0 Å². The summed E-state index contributed by atoms with van der Waals surface area (Å²) < 4.78 is 5.45. The van der Waals surface area contributed by atoms with Crippen molar-refractivity contribution >= 4 is 11.6 Å². The van der Waals surface area contributed by atoms with E-state index in [1.165, 1.54) is 31.3 Å². The molecule has 2 rings (SSSR count). The number of amides is 1. The molecule has 1 aromatic rings. The van der Waals surface area contributed by atoms with Crippen molar-refractivity contribution in [1.29, 1.82) is 0 Å². The molecule has 4 heteroatoms. The van der Waals surface area contributed by atoms with Gasteiger partial charge >= 0.3 is 0 Å². The van der Waals surface area contributed by atoms with Gasteiger partial charge in [0.1, 0.15) is 12.4 Å². The molecule has 0 saturated heterocycles. The number of anilines is 1. The van der Waals surface area contributed by atoms with E-state index in [9.17, 15) is 4.79 Å². The van der Waals surface area contributed by atoms with E-state index in [1.807, 2.05) is 24.3 Å². The van der Waals surface area contributed by atoms with Crippen LogP contribution in [0.5, 0.6) is 5.75 Å². The number of nitrogens with one attached hydrogen (secondary N) is 2. The van der Waals surface area contributed by atoms with E-state index in [1.54, 1.807) is 6.08 Å². The molecule has 124 valence electrons. The van der Waals surface area contributed by atoms with E-state index in [0.29, 0.717) is 13.2 Å². The van der Waals surface area contributed by atoms with E-state index in [4.69, 9.17) is 4.74 Å². The van der Waals surface area contributed by atoms with Crippen LogP contribution < -0.4 is 15.4 Å². The van der Waals surface area contributed by atoms with Crippen molar-refractivity contribution in [2.24, 2.45) is 0 Å². The Hall–Kier alpha value is -2.07. The number of benzene rings is 1. The molecule has 1 aromatic carbocycles. The Labute approximate surface area is 138 Å². The molecule has 2 N–H and O–H groups in total. The normalized spacial score (nSPS) is 14.0. The van der Waals surface area contributed by atoms with Crippen LogP contribution in [0, 0.1) is 0 Å². The molecule has 0 bridgehead atoms. The third-order valence-electron chi connectivity index (χ3n) is 3.78. The van der Waals surface area contributed by atoms with Gasteiger partial charge in [0.05, 0.1) is 6.54 Å². The summed E-state index contributed by atoms with van der Waals surface area (Å²) in [6.45, 7) is 5.24. The molecular formula is C19H26N2O2. The van der Waals surface area contributed by atoms with Crippen molar-refractivity contribution in [3.05, 3.63) is 48.6 Å². The minimum absolute atomic E-state index is 0.0384. The smallest absolute Gasteiger partial charge is 0.238 e. The molecule has 0 fully saturated rings. The van der Waals surface area contributed by atoms with Crippen molar-refractivity contribution in [3.8, 4) is 5.75 Å². The first kappa shape index (κ1) is 17.3. The Balaban J connectivity index is 1.67. The number of rotatable bonds is 9. The molecule has 0 unspecified atom stereocenters. The quantitative estimate of drug-likeness (QED) is 0.540. The molecule has 0 heterocycles. The van der Waals surface area contributed by atoms with Gasteiger partial charge in [0.2, 0.25) is 5.91 Å². The zero-order valence-electron chi connectivity index (χ0n) is 13.6. The fourth-order valence-corrected chi connectivity index (χ4v) is 2.61. The standard InChI is InChI=1S/C19H26N2O2/c1-2-13-23-18-10-6-9-17(14-18)21-19(22)15-20-12-11-16-7-4-3-5-8-16/h2,6-7,9-10,14,20H,1,3-5,8,11-13,15H2,(H,21,22). The van der Waals surface area contributed by atoms with Crippen LogP contribution in [-0.4, -0.2) is 25.6 Å². The average Bonchev–Trinajstić information content (AvgIpc) is 2.58. The van der Waals surface area contributed by atoms with Gasteiger partial charge in [-0.2, -0.15) is 0 Å². The molecule has 1 amide bonds. The highest BCUT2D eigenvalue weighted by atomic mass is 16.5. The molecule has 0 atom stereocenters. The molecule has 0 radical (unpaired) electrons. The first-order valence-corrected chi connectivity index (χ1v) is 8.30. The lowest BCUT2D eigenvalue weighted by atomic mass is 9.97. The highest BCUT2D eigenvalue weighted by Gasteiger charge is 2.05. The number of allylic oxidation sites excluding steroid dienone is 1. The minimum atomic E-state index is -0.0384. The Kier molecular flexibility index (Phi) is 7.40. The SMILES string of the molecule is C=CCOc1cccc(NC(=O)CNCCC2=CCCCC2)c1. The third-order valence-corrected chi connectivity index (χ3v) is 3.78. The largest absolute Gasteiger partial charge is 0.489 e. The predicted octanol–water partition coefficient (Wildman–Crippen LogP) is 3.67. The molecular weight excluding hydrogens is 288 g/mol. The topological polar surface area (TPSA) is 50.4 Å². The van der Waals surface area contributed by atoms with E-state index >= 15 is 0 Å². The van der Waals surface area contributed by atoms with Gasteiger partial charge < -0.3 is 15.4 Å². The van der Waals surface area contributed by atoms with E-state index in [2.05, 4.69) is 23.3 Å². The van der Waals surface area contributed by atoms with Gasteiger partial charge in [-0.3, -0.25) is 4.79 Å². The van der Waals surface area contributed by atoms with Crippen LogP contribution >= 0.6 is 0 Å². The summed E-state index contributed by atoms with van der Waals surface area (Å²) in [5, 5.41) is 6.08. The summed E-state index contributed by atoms with van der Waals surface area (Å²) in [7, 11) is 0. The molecule has 23 heavy (non-hydrogen) atoms. The van der Waals surface area contributed by atoms with Crippen LogP contribution in [0.15, 0.2) is 48.6 Å². The van der Waals surface area contributed by atoms with Gasteiger partial charge in [-0.05, 0) is 50.8 Å². The van der Waals surface area contributed by atoms with Gasteiger partial charge in [0, 0.05) is 11.8 Å². The Morgan fingerprint density at radius 3 is 3.04 bits per heavy atom. The van der Waals surface area contributed by atoms with Gasteiger partial charge in [0.15, 0.2) is 0 Å². The average molecular weight is 314 g/mol. The van der Waals surface area contributed by atoms with Crippen LogP contribution in [-0.2, 0) is 4.79 Å². The Bertz CT molecular complexity index is 552. The zero-order valence-corrected chi connectivity index (χ0v) is 13.6. The lowest BCUT2D eigenvalue weighted by Crippen LogP contribution is -2.29. The summed E-state index contributed by atoms with van der Waals surface area (Å²) >= 11 is 0. The second-order valence-electron chi connectivity index (χ2n) is 5.71. The fourth-order valence-electron chi connectivity index (χ4n) is 2.61. The lowest BCUT2D eigenvalue weighted by molar-refractivity contribution is -0.115. The van der Waals surface area contributed by atoms with E-state index in [-0.39, 0.29) is 5.91 Å². The Morgan fingerprint density at radius 1 is 1.35 bits per heavy atom. The zero-order chi connectivity index (χ0) is 16.3. The van der Waals surface area contributed by atoms with Crippen LogP contribution in [0.3, 0.4) is 0 Å². The second kappa shape index (κ2) is 9.85. The second-order valence-corrected chi connectivity index (χ2v) is 5.71. The first-order chi connectivity index (χ1) is 11.3. The van der Waals surface area contributed by atoms with Gasteiger partial charge in [0.25, 0.3) is 0 Å². The summed E-state index contributed by atoms with van der Waals surface area (Å²) in [6, 6.07) is 7.38. The maximum atomic E-state index is 11.9. The molecule has 0 aliphatic heterocycles. The lowest BCUT2D eigenvalue weighted by Gasteiger charge is -2.13. The minimum Gasteiger partial charge on any atom is -0.489 e. The highest BCUT2D eigenvalue weighted by Crippen LogP contribution is 2.19. The van der Waals surface area contributed by atoms with Crippen molar-refractivity contribution in [1.82, 2.24) is 5.32 Å². The van der Waals surface area contributed by atoms with Crippen LogP contribution in [0.1, 0.15) is 32.1 Å². The monoisotopic (exact) mass is 314 g/mol. The van der Waals surface area contributed by atoms with E-state index in [0.717, 1.165) is 24.4 Å².